The van der Waals surface area contributed by atoms with Crippen LogP contribution >= 0.6 is 0 Å². The van der Waals surface area contributed by atoms with Gasteiger partial charge in [-0.15, -0.1) is 0 Å². The number of carbonyl (C=O) groups excluding carboxylic acids is 2. The molecule has 0 atom stereocenters. The van der Waals surface area contributed by atoms with E-state index >= 15 is 0 Å². The van der Waals surface area contributed by atoms with Gasteiger partial charge in [0, 0.05) is 18.3 Å². The Bertz CT molecular complexity index is 2070. The number of carbonyl (C=O) groups is 2. The number of pyridine rings is 2. The maximum absolute atomic E-state index is 13.8. The van der Waals surface area contributed by atoms with E-state index in [4.69, 9.17) is 9.72 Å². The molecular formula is C33H26N4O4. The van der Waals surface area contributed by atoms with Crippen molar-refractivity contribution >= 4 is 39.3 Å². The van der Waals surface area contributed by atoms with Gasteiger partial charge in [-0.25, -0.2) is 9.78 Å². The summed E-state index contributed by atoms with van der Waals surface area (Å²) < 4.78 is 8.48. The molecule has 41 heavy (non-hydrogen) atoms. The number of aromatic nitrogens is 3. The fourth-order valence-electron chi connectivity index (χ4n) is 5.02. The predicted octanol–water partition coefficient (Wildman–Crippen LogP) is 4.96. The summed E-state index contributed by atoms with van der Waals surface area (Å²) in [6.07, 6.45) is 2.18. The average Bonchev–Trinajstić information content (AvgIpc) is 3.01. The number of ether oxygens (including phenoxy) is 1. The fraction of sp³-hybridized carbons (Fsp3) is 0.121. The number of benzene rings is 3. The van der Waals surface area contributed by atoms with Gasteiger partial charge in [0.15, 0.2) is 5.49 Å². The summed E-state index contributed by atoms with van der Waals surface area (Å²) in [5, 5.41) is 1.87. The van der Waals surface area contributed by atoms with Crippen LogP contribution in [0.5, 0.6) is 0 Å². The lowest BCUT2D eigenvalue weighted by molar-refractivity contribution is 0.0523. The van der Waals surface area contributed by atoms with Crippen molar-refractivity contribution in [2.24, 2.45) is 4.99 Å². The number of amides is 1. The first-order valence-corrected chi connectivity index (χ1v) is 13.4. The van der Waals surface area contributed by atoms with Crippen LogP contribution in [0.25, 0.3) is 27.5 Å². The van der Waals surface area contributed by atoms with Crippen LogP contribution in [0.4, 0.5) is 0 Å². The van der Waals surface area contributed by atoms with Gasteiger partial charge in [0.2, 0.25) is 0 Å². The Balaban J connectivity index is 1.67. The molecule has 0 aliphatic carbocycles. The molecule has 6 rings (SSSR count). The van der Waals surface area contributed by atoms with Crippen LogP contribution in [0.3, 0.4) is 0 Å². The number of aryl methyl sites for hydroxylation is 2. The molecule has 8 heteroatoms. The zero-order valence-electron chi connectivity index (χ0n) is 22.4. The van der Waals surface area contributed by atoms with Crippen molar-refractivity contribution in [2.75, 3.05) is 6.61 Å². The molecule has 0 fully saturated rings. The van der Waals surface area contributed by atoms with Gasteiger partial charge in [-0.3, -0.25) is 14.0 Å². The Morgan fingerprint density at radius 3 is 2.44 bits per heavy atom. The number of rotatable bonds is 6. The van der Waals surface area contributed by atoms with Gasteiger partial charge < -0.3 is 9.30 Å². The van der Waals surface area contributed by atoms with Crippen molar-refractivity contribution in [3.63, 3.8) is 0 Å². The first kappa shape index (κ1) is 25.9. The van der Waals surface area contributed by atoms with Gasteiger partial charge in [-0.2, -0.15) is 4.99 Å². The summed E-state index contributed by atoms with van der Waals surface area (Å²) in [6, 6.07) is 29.5. The second-order valence-electron chi connectivity index (χ2n) is 9.52. The van der Waals surface area contributed by atoms with Crippen LogP contribution < -0.4 is 11.0 Å². The zero-order valence-corrected chi connectivity index (χ0v) is 22.4. The Labute approximate surface area is 234 Å². The van der Waals surface area contributed by atoms with Crippen LogP contribution in [0, 0.1) is 0 Å². The maximum atomic E-state index is 13.8. The van der Waals surface area contributed by atoms with E-state index in [1.165, 1.54) is 10.5 Å². The highest BCUT2D eigenvalue weighted by Crippen LogP contribution is 2.20. The third kappa shape index (κ3) is 4.91. The van der Waals surface area contributed by atoms with Crippen LogP contribution in [-0.4, -0.2) is 32.4 Å². The third-order valence-electron chi connectivity index (χ3n) is 6.98. The average molecular weight is 543 g/mol. The lowest BCUT2D eigenvalue weighted by atomic mass is 10.0. The van der Waals surface area contributed by atoms with Crippen LogP contribution in [0.15, 0.2) is 113 Å². The monoisotopic (exact) mass is 542 g/mol. The minimum Gasteiger partial charge on any atom is -0.462 e. The maximum Gasteiger partial charge on any atom is 0.341 e. The molecule has 0 unspecified atom stereocenters. The Hall–Kier alpha value is -5.37. The van der Waals surface area contributed by atoms with Crippen LogP contribution in [-0.2, 0) is 17.7 Å². The first-order valence-electron chi connectivity index (χ1n) is 13.4. The smallest absolute Gasteiger partial charge is 0.341 e. The molecule has 0 spiro atoms. The molecule has 3 aromatic heterocycles. The zero-order chi connectivity index (χ0) is 28.3. The highest BCUT2D eigenvalue weighted by molar-refractivity contribution is 6.07. The van der Waals surface area contributed by atoms with E-state index in [1.807, 2.05) is 60.7 Å². The standard InChI is InChI=1S/C33H26N4O4/c1-2-41-33(40)27-21-26-29(34-28-17-8-9-19-36(28)32(26)39)37(20-18-22-11-4-3-5-12-22)30(27)35-31(38)25-16-10-14-23-13-6-7-15-24(23)25/h3-17,19,21H,2,18,20H2,1H3. The molecule has 0 aliphatic rings. The number of hydrogen-bond acceptors (Lipinski definition) is 5. The second kappa shape index (κ2) is 11.0. The van der Waals surface area contributed by atoms with Gasteiger partial charge in [0.05, 0.1) is 12.0 Å². The Kier molecular flexibility index (Phi) is 6.95. The fourth-order valence-corrected chi connectivity index (χ4v) is 5.02. The van der Waals surface area contributed by atoms with Crippen molar-refractivity contribution in [3.8, 4) is 0 Å². The molecule has 202 valence electrons. The summed E-state index contributed by atoms with van der Waals surface area (Å²) in [7, 11) is 0. The number of fused-ring (bicyclic) bond motifs is 3. The lowest BCUT2D eigenvalue weighted by Crippen LogP contribution is -2.33. The summed E-state index contributed by atoms with van der Waals surface area (Å²) >= 11 is 0. The van der Waals surface area contributed by atoms with Crippen molar-refractivity contribution < 1.29 is 14.3 Å². The SMILES string of the molecule is CCOC(=O)c1cc2c(=O)n3ccccc3nc2n(CCc2ccccc2)c1=NC(=O)c1cccc2ccccc12. The predicted molar refractivity (Wildman–Crippen MR) is 157 cm³/mol. The summed E-state index contributed by atoms with van der Waals surface area (Å²) in [4.78, 5) is 50.0. The lowest BCUT2D eigenvalue weighted by Gasteiger charge is -2.15. The third-order valence-corrected chi connectivity index (χ3v) is 6.98. The largest absolute Gasteiger partial charge is 0.462 e. The molecule has 0 aliphatic heterocycles. The van der Waals surface area contributed by atoms with Crippen LogP contribution in [0.1, 0.15) is 33.2 Å². The molecule has 8 nitrogen and oxygen atoms in total. The Morgan fingerprint density at radius 1 is 0.854 bits per heavy atom. The molecule has 0 saturated carbocycles. The van der Waals surface area contributed by atoms with Gasteiger partial charge >= 0.3 is 5.97 Å². The van der Waals surface area contributed by atoms with E-state index in [9.17, 15) is 14.4 Å². The molecule has 0 bridgehead atoms. The van der Waals surface area contributed by atoms with E-state index in [-0.39, 0.29) is 28.6 Å². The normalized spacial score (nSPS) is 11.8. The first-order chi connectivity index (χ1) is 20.0. The molecular weight excluding hydrogens is 516 g/mol. The van der Waals surface area contributed by atoms with Crippen molar-refractivity contribution in [3.05, 3.63) is 136 Å². The summed E-state index contributed by atoms with van der Waals surface area (Å²) in [5.74, 6) is -1.19. The van der Waals surface area contributed by atoms with Crippen molar-refractivity contribution in [1.29, 1.82) is 0 Å². The van der Waals surface area contributed by atoms with E-state index < -0.39 is 11.9 Å². The molecule has 3 aromatic carbocycles. The summed E-state index contributed by atoms with van der Waals surface area (Å²) in [6.45, 7) is 2.13. The molecule has 1 amide bonds. The molecule has 6 aromatic rings. The van der Waals surface area contributed by atoms with E-state index in [1.54, 1.807) is 48.0 Å². The second-order valence-corrected chi connectivity index (χ2v) is 9.52. The van der Waals surface area contributed by atoms with Gasteiger partial charge in [-0.05, 0) is 53.9 Å². The Morgan fingerprint density at radius 2 is 1.61 bits per heavy atom. The highest BCUT2D eigenvalue weighted by Gasteiger charge is 2.21. The quantitative estimate of drug-likeness (QED) is 0.219. The van der Waals surface area contributed by atoms with Crippen molar-refractivity contribution in [1.82, 2.24) is 14.0 Å². The molecule has 0 N–H and O–H groups in total. The summed E-state index contributed by atoms with van der Waals surface area (Å²) in [5.41, 5.74) is 1.99. The molecule has 0 radical (unpaired) electrons. The highest BCUT2D eigenvalue weighted by atomic mass is 16.5. The van der Waals surface area contributed by atoms with E-state index in [0.717, 1.165) is 16.3 Å². The van der Waals surface area contributed by atoms with Gasteiger partial charge in [0.1, 0.15) is 16.9 Å². The van der Waals surface area contributed by atoms with E-state index in [0.29, 0.717) is 29.8 Å². The van der Waals surface area contributed by atoms with Crippen LogP contribution in [0.2, 0.25) is 0 Å². The molecule has 3 heterocycles. The minimum atomic E-state index is -0.676. The molecule has 0 saturated heterocycles. The topological polar surface area (TPSA) is 95.0 Å². The van der Waals surface area contributed by atoms with Crippen molar-refractivity contribution in [2.45, 2.75) is 19.9 Å². The number of esters is 1. The number of nitrogens with zero attached hydrogens (tertiary/aromatic N) is 4. The minimum absolute atomic E-state index is 0.0239. The van der Waals surface area contributed by atoms with E-state index in [2.05, 4.69) is 4.99 Å². The van der Waals surface area contributed by atoms with Gasteiger partial charge in [-0.1, -0.05) is 72.8 Å². The van der Waals surface area contributed by atoms with Gasteiger partial charge in [0.25, 0.3) is 11.5 Å². The number of hydrogen-bond donors (Lipinski definition) is 0.